The van der Waals surface area contributed by atoms with Crippen molar-refractivity contribution in [2.45, 2.75) is 19.4 Å². The molecule has 2 aromatic rings. The van der Waals surface area contributed by atoms with Gasteiger partial charge in [0.25, 0.3) is 0 Å². The van der Waals surface area contributed by atoms with Crippen LogP contribution in [0.4, 0.5) is 11.8 Å². The number of para-hydroxylation sites is 1. The third kappa shape index (κ3) is 2.66. The largest absolute Gasteiger partial charge is 0.491 e. The van der Waals surface area contributed by atoms with Crippen LogP contribution < -0.4 is 15.4 Å². The highest BCUT2D eigenvalue weighted by Crippen LogP contribution is 2.33. The van der Waals surface area contributed by atoms with Crippen molar-refractivity contribution in [2.75, 3.05) is 23.8 Å². The Morgan fingerprint density at radius 2 is 2.20 bits per heavy atom. The molecule has 1 aliphatic heterocycles. The predicted molar refractivity (Wildman–Crippen MR) is 79.1 cm³/mol. The molecule has 0 saturated carbocycles. The summed E-state index contributed by atoms with van der Waals surface area (Å²) in [7, 11) is 0. The molecular formula is C15H18N4O. The molecule has 1 aromatic carbocycles. The van der Waals surface area contributed by atoms with Crippen LogP contribution in [0.1, 0.15) is 24.9 Å². The third-order valence-electron chi connectivity index (χ3n) is 3.21. The van der Waals surface area contributed by atoms with Crippen molar-refractivity contribution in [1.29, 1.82) is 0 Å². The fraction of sp³-hybridized carbons (Fsp3) is 0.333. The van der Waals surface area contributed by atoms with Gasteiger partial charge in [-0.3, -0.25) is 0 Å². The number of nitrogens with zero attached hydrogens (tertiary/aromatic N) is 2. The third-order valence-corrected chi connectivity index (χ3v) is 3.21. The molecule has 1 atom stereocenters. The Morgan fingerprint density at radius 3 is 3.10 bits per heavy atom. The molecule has 0 spiro atoms. The van der Waals surface area contributed by atoms with E-state index in [0.29, 0.717) is 12.6 Å². The molecule has 5 heteroatoms. The number of benzene rings is 1. The first kappa shape index (κ1) is 12.7. The number of ether oxygens (including phenoxy) is 1. The van der Waals surface area contributed by atoms with E-state index in [1.807, 2.05) is 24.3 Å². The van der Waals surface area contributed by atoms with Crippen LogP contribution in [0, 0.1) is 0 Å². The zero-order valence-electron chi connectivity index (χ0n) is 11.5. The van der Waals surface area contributed by atoms with E-state index in [9.17, 15) is 0 Å². The Hall–Kier alpha value is -2.30. The highest BCUT2D eigenvalue weighted by molar-refractivity contribution is 5.47. The van der Waals surface area contributed by atoms with Crippen LogP contribution in [0.2, 0.25) is 0 Å². The molecule has 0 saturated heterocycles. The number of hydrogen-bond donors (Lipinski definition) is 2. The first-order valence-corrected chi connectivity index (χ1v) is 6.92. The van der Waals surface area contributed by atoms with Gasteiger partial charge in [-0.15, -0.1) is 0 Å². The van der Waals surface area contributed by atoms with Gasteiger partial charge >= 0.3 is 0 Å². The van der Waals surface area contributed by atoms with Crippen LogP contribution in [0.15, 0.2) is 36.5 Å². The summed E-state index contributed by atoms with van der Waals surface area (Å²) in [6, 6.07) is 10.1. The van der Waals surface area contributed by atoms with Crippen molar-refractivity contribution >= 4 is 11.8 Å². The molecule has 0 radical (unpaired) electrons. The van der Waals surface area contributed by atoms with Crippen molar-refractivity contribution < 1.29 is 4.74 Å². The van der Waals surface area contributed by atoms with Crippen LogP contribution in [-0.4, -0.2) is 23.1 Å². The van der Waals surface area contributed by atoms with E-state index in [0.717, 1.165) is 24.5 Å². The van der Waals surface area contributed by atoms with Gasteiger partial charge in [-0.1, -0.05) is 25.1 Å². The van der Waals surface area contributed by atoms with E-state index in [1.165, 1.54) is 5.56 Å². The standard InChI is InChI=1S/C15H18N4O/c1-2-8-16-15-17-9-7-14(19-15)18-12-10-20-13-6-4-3-5-11(12)13/h3-7,9,12H,2,8,10H2,1H3,(H2,16,17,18,19). The second-order valence-corrected chi connectivity index (χ2v) is 4.74. The molecule has 2 heterocycles. The number of nitrogens with one attached hydrogen (secondary N) is 2. The first-order chi connectivity index (χ1) is 9.86. The smallest absolute Gasteiger partial charge is 0.224 e. The summed E-state index contributed by atoms with van der Waals surface area (Å²) < 4.78 is 5.66. The van der Waals surface area contributed by atoms with E-state index in [4.69, 9.17) is 4.74 Å². The number of anilines is 2. The maximum Gasteiger partial charge on any atom is 0.224 e. The van der Waals surface area contributed by atoms with Gasteiger partial charge in [0.2, 0.25) is 5.95 Å². The van der Waals surface area contributed by atoms with Crippen molar-refractivity contribution in [3.8, 4) is 5.75 Å². The average Bonchev–Trinajstić information content (AvgIpc) is 2.89. The minimum Gasteiger partial charge on any atom is -0.491 e. The molecule has 0 aliphatic carbocycles. The molecular weight excluding hydrogens is 252 g/mol. The van der Waals surface area contributed by atoms with Gasteiger partial charge in [-0.25, -0.2) is 4.98 Å². The fourth-order valence-electron chi connectivity index (χ4n) is 2.22. The van der Waals surface area contributed by atoms with E-state index >= 15 is 0 Å². The lowest BCUT2D eigenvalue weighted by atomic mass is 10.1. The maximum absolute atomic E-state index is 5.66. The summed E-state index contributed by atoms with van der Waals surface area (Å²) >= 11 is 0. The molecule has 0 amide bonds. The van der Waals surface area contributed by atoms with Crippen molar-refractivity contribution in [2.24, 2.45) is 0 Å². The van der Waals surface area contributed by atoms with Gasteiger partial charge in [0.15, 0.2) is 0 Å². The normalized spacial score (nSPS) is 16.4. The van der Waals surface area contributed by atoms with Crippen molar-refractivity contribution in [1.82, 2.24) is 9.97 Å². The molecule has 0 fully saturated rings. The van der Waals surface area contributed by atoms with E-state index in [2.05, 4.69) is 33.6 Å². The summed E-state index contributed by atoms with van der Waals surface area (Å²) in [6.45, 7) is 3.61. The van der Waals surface area contributed by atoms with Crippen molar-refractivity contribution in [3.05, 3.63) is 42.1 Å². The second-order valence-electron chi connectivity index (χ2n) is 4.74. The number of aromatic nitrogens is 2. The van der Waals surface area contributed by atoms with Crippen LogP contribution in [0.5, 0.6) is 5.75 Å². The van der Waals surface area contributed by atoms with E-state index < -0.39 is 0 Å². The molecule has 1 unspecified atom stereocenters. The molecule has 1 aromatic heterocycles. The highest BCUT2D eigenvalue weighted by Gasteiger charge is 2.23. The molecule has 1 aliphatic rings. The minimum atomic E-state index is 0.139. The van der Waals surface area contributed by atoms with Crippen LogP contribution in [0.3, 0.4) is 0 Å². The van der Waals surface area contributed by atoms with Gasteiger partial charge < -0.3 is 15.4 Å². The van der Waals surface area contributed by atoms with E-state index in [-0.39, 0.29) is 6.04 Å². The number of fused-ring (bicyclic) bond motifs is 1. The van der Waals surface area contributed by atoms with Crippen LogP contribution in [0.25, 0.3) is 0 Å². The topological polar surface area (TPSA) is 59.1 Å². The highest BCUT2D eigenvalue weighted by atomic mass is 16.5. The lowest BCUT2D eigenvalue weighted by Gasteiger charge is -2.13. The van der Waals surface area contributed by atoms with Gasteiger partial charge in [0.1, 0.15) is 18.2 Å². The van der Waals surface area contributed by atoms with Gasteiger partial charge in [0.05, 0.1) is 6.04 Å². The molecule has 2 N–H and O–H groups in total. The monoisotopic (exact) mass is 270 g/mol. The summed E-state index contributed by atoms with van der Waals surface area (Å²) in [5, 5.41) is 6.58. The Labute approximate surface area is 118 Å². The summed E-state index contributed by atoms with van der Waals surface area (Å²) in [4.78, 5) is 8.66. The number of rotatable bonds is 5. The molecule has 3 rings (SSSR count). The van der Waals surface area contributed by atoms with Gasteiger partial charge in [-0.05, 0) is 18.6 Å². The Morgan fingerprint density at radius 1 is 1.30 bits per heavy atom. The predicted octanol–water partition coefficient (Wildman–Crippen LogP) is 2.84. The number of hydrogen-bond acceptors (Lipinski definition) is 5. The fourth-order valence-corrected chi connectivity index (χ4v) is 2.22. The summed E-state index contributed by atoms with van der Waals surface area (Å²) in [6.07, 6.45) is 2.81. The lowest BCUT2D eigenvalue weighted by molar-refractivity contribution is 0.339. The summed E-state index contributed by atoms with van der Waals surface area (Å²) in [5.74, 6) is 2.41. The minimum absolute atomic E-state index is 0.139. The van der Waals surface area contributed by atoms with E-state index in [1.54, 1.807) is 6.20 Å². The first-order valence-electron chi connectivity index (χ1n) is 6.92. The quantitative estimate of drug-likeness (QED) is 0.875. The Balaban J connectivity index is 1.72. The second kappa shape index (κ2) is 5.77. The average molecular weight is 270 g/mol. The lowest BCUT2D eigenvalue weighted by Crippen LogP contribution is -2.14. The molecule has 20 heavy (non-hydrogen) atoms. The molecule has 104 valence electrons. The van der Waals surface area contributed by atoms with Gasteiger partial charge in [0, 0.05) is 18.3 Å². The van der Waals surface area contributed by atoms with Crippen LogP contribution >= 0.6 is 0 Å². The SMILES string of the molecule is CCCNc1nccc(NC2COc3ccccc32)n1. The molecule has 0 bridgehead atoms. The maximum atomic E-state index is 5.66. The Kier molecular flexibility index (Phi) is 3.67. The Bertz CT molecular complexity index is 588. The van der Waals surface area contributed by atoms with Crippen molar-refractivity contribution in [3.63, 3.8) is 0 Å². The molecule has 5 nitrogen and oxygen atoms in total. The van der Waals surface area contributed by atoms with Gasteiger partial charge in [-0.2, -0.15) is 4.98 Å². The zero-order chi connectivity index (χ0) is 13.8. The summed E-state index contributed by atoms with van der Waals surface area (Å²) in [5.41, 5.74) is 1.18. The zero-order valence-corrected chi connectivity index (χ0v) is 11.5. The van der Waals surface area contributed by atoms with Crippen LogP contribution in [-0.2, 0) is 0 Å².